The van der Waals surface area contributed by atoms with Crippen molar-refractivity contribution in [1.82, 2.24) is 0 Å². The molecule has 23 heavy (non-hydrogen) atoms. The molecule has 116 valence electrons. The van der Waals surface area contributed by atoms with Gasteiger partial charge >= 0.3 is 0 Å². The van der Waals surface area contributed by atoms with Gasteiger partial charge in [0, 0.05) is 22.3 Å². The van der Waals surface area contributed by atoms with Gasteiger partial charge in [0.1, 0.15) is 5.75 Å². The summed E-state index contributed by atoms with van der Waals surface area (Å²) in [5, 5.41) is 26.1. The molecular weight excluding hydrogens is 358 g/mol. The first-order valence-corrected chi connectivity index (χ1v) is 7.79. The minimum Gasteiger partial charge on any atom is -0.545 e. The number of phenols is 1. The van der Waals surface area contributed by atoms with Gasteiger partial charge < -0.3 is 20.3 Å². The Kier molecular flexibility index (Phi) is 4.21. The average Bonchev–Trinajstić information content (AvgIpc) is 2.54. The van der Waals surface area contributed by atoms with E-state index in [1.54, 1.807) is 18.2 Å². The van der Waals surface area contributed by atoms with Crippen LogP contribution < -0.4 is 10.4 Å². The Morgan fingerprint density at radius 1 is 1.09 bits per heavy atom. The molecule has 0 aliphatic carbocycles. The minimum atomic E-state index is -1.20. The highest BCUT2D eigenvalue weighted by atomic mass is 79.9. The molecule has 0 unspecified atom stereocenters. The lowest BCUT2D eigenvalue weighted by Gasteiger charge is -2.12. The lowest BCUT2D eigenvalue weighted by Crippen LogP contribution is -2.21. The predicted molar refractivity (Wildman–Crippen MR) is 91.4 cm³/mol. The summed E-state index contributed by atoms with van der Waals surface area (Å²) in [5.41, 5.74) is 1.69. The van der Waals surface area contributed by atoms with E-state index in [-0.39, 0.29) is 11.3 Å². The molecule has 2 N–H and O–H groups in total. The van der Waals surface area contributed by atoms with E-state index in [9.17, 15) is 15.0 Å². The van der Waals surface area contributed by atoms with E-state index in [0.717, 1.165) is 26.5 Å². The molecule has 3 rings (SSSR count). The normalized spacial score (nSPS) is 10.7. The Labute approximate surface area is 141 Å². The SMILES string of the molecule is O=C([O-])c1ccc(NCc2c(O)ccc3cc(Br)ccc23)cc1. The standard InChI is InChI=1S/C18H14BrNO3/c19-13-4-7-15-12(9-13)3-8-17(21)16(15)10-20-14-5-1-11(2-6-14)18(22)23/h1-9,20-21H,10H2,(H,22,23)/p-1. The van der Waals surface area contributed by atoms with Crippen molar-refractivity contribution in [2.45, 2.75) is 6.54 Å². The molecular formula is C18H13BrNO3-. The largest absolute Gasteiger partial charge is 0.545 e. The van der Waals surface area contributed by atoms with Gasteiger partial charge in [-0.25, -0.2) is 0 Å². The fraction of sp³-hybridized carbons (Fsp3) is 0.0556. The van der Waals surface area contributed by atoms with Crippen molar-refractivity contribution in [3.63, 3.8) is 0 Å². The number of aromatic hydroxyl groups is 1. The first kappa shape index (κ1) is 15.4. The van der Waals surface area contributed by atoms with E-state index in [1.807, 2.05) is 24.3 Å². The molecule has 0 saturated carbocycles. The molecule has 4 nitrogen and oxygen atoms in total. The Morgan fingerprint density at radius 3 is 2.52 bits per heavy atom. The number of aromatic carboxylic acids is 1. The van der Waals surface area contributed by atoms with E-state index in [2.05, 4.69) is 21.2 Å². The molecule has 0 fully saturated rings. The number of benzene rings is 3. The van der Waals surface area contributed by atoms with Crippen LogP contribution in [-0.2, 0) is 6.54 Å². The number of halogens is 1. The van der Waals surface area contributed by atoms with Crippen LogP contribution in [-0.4, -0.2) is 11.1 Å². The van der Waals surface area contributed by atoms with Gasteiger partial charge in [-0.1, -0.05) is 40.2 Å². The third-order valence-electron chi connectivity index (χ3n) is 3.66. The Morgan fingerprint density at radius 2 is 1.83 bits per heavy atom. The summed E-state index contributed by atoms with van der Waals surface area (Å²) < 4.78 is 0.979. The van der Waals surface area contributed by atoms with Crippen molar-refractivity contribution in [2.24, 2.45) is 0 Å². The molecule has 0 saturated heterocycles. The first-order valence-electron chi connectivity index (χ1n) is 7.00. The molecule has 0 amide bonds. The van der Waals surface area contributed by atoms with Crippen LogP contribution in [0.2, 0.25) is 0 Å². The van der Waals surface area contributed by atoms with Crippen LogP contribution in [0.1, 0.15) is 15.9 Å². The third kappa shape index (κ3) is 3.29. The summed E-state index contributed by atoms with van der Waals surface area (Å²) in [6, 6.07) is 15.7. The number of carboxylic acids is 1. The molecule has 0 bridgehead atoms. The molecule has 0 aliphatic heterocycles. The topological polar surface area (TPSA) is 72.4 Å². The van der Waals surface area contributed by atoms with Gasteiger partial charge in [0.25, 0.3) is 0 Å². The zero-order chi connectivity index (χ0) is 16.4. The van der Waals surface area contributed by atoms with E-state index < -0.39 is 5.97 Å². The maximum Gasteiger partial charge on any atom is 0.121 e. The Bertz CT molecular complexity index is 875. The van der Waals surface area contributed by atoms with Crippen molar-refractivity contribution in [1.29, 1.82) is 0 Å². The van der Waals surface area contributed by atoms with Crippen molar-refractivity contribution in [3.05, 3.63) is 70.2 Å². The number of carbonyl (C=O) groups is 1. The van der Waals surface area contributed by atoms with E-state index in [1.165, 1.54) is 12.1 Å². The van der Waals surface area contributed by atoms with Gasteiger partial charge in [0.2, 0.25) is 0 Å². The number of rotatable bonds is 4. The van der Waals surface area contributed by atoms with Crippen LogP contribution in [0.25, 0.3) is 10.8 Å². The second-order valence-electron chi connectivity index (χ2n) is 5.15. The summed E-state index contributed by atoms with van der Waals surface area (Å²) in [5.74, 6) is -0.979. The van der Waals surface area contributed by atoms with Crippen molar-refractivity contribution < 1.29 is 15.0 Å². The van der Waals surface area contributed by atoms with Gasteiger partial charge in [0.15, 0.2) is 0 Å². The van der Waals surface area contributed by atoms with Crippen LogP contribution >= 0.6 is 15.9 Å². The predicted octanol–water partition coefficient (Wildman–Crippen LogP) is 3.28. The highest BCUT2D eigenvalue weighted by Crippen LogP contribution is 2.30. The molecule has 3 aromatic rings. The fourth-order valence-corrected chi connectivity index (χ4v) is 2.83. The van der Waals surface area contributed by atoms with Crippen LogP contribution in [0.4, 0.5) is 5.69 Å². The second-order valence-corrected chi connectivity index (χ2v) is 6.06. The van der Waals surface area contributed by atoms with Crippen LogP contribution in [0.5, 0.6) is 5.75 Å². The molecule has 0 radical (unpaired) electrons. The van der Waals surface area contributed by atoms with Gasteiger partial charge in [-0.15, -0.1) is 0 Å². The van der Waals surface area contributed by atoms with Crippen molar-refractivity contribution >= 4 is 38.4 Å². The quantitative estimate of drug-likeness (QED) is 0.738. The summed E-state index contributed by atoms with van der Waals surface area (Å²) in [6.45, 7) is 0.426. The van der Waals surface area contributed by atoms with Gasteiger partial charge in [-0.3, -0.25) is 0 Å². The molecule has 0 heterocycles. The molecule has 0 spiro atoms. The van der Waals surface area contributed by atoms with E-state index in [0.29, 0.717) is 6.54 Å². The maximum atomic E-state index is 10.7. The summed E-state index contributed by atoms with van der Waals surface area (Å²) >= 11 is 3.44. The molecule has 0 aliphatic rings. The van der Waals surface area contributed by atoms with Gasteiger partial charge in [-0.2, -0.15) is 0 Å². The number of anilines is 1. The Balaban J connectivity index is 1.86. The monoisotopic (exact) mass is 370 g/mol. The van der Waals surface area contributed by atoms with Crippen LogP contribution in [0.15, 0.2) is 59.1 Å². The average molecular weight is 371 g/mol. The van der Waals surface area contributed by atoms with Gasteiger partial charge in [-0.05, 0) is 46.7 Å². The van der Waals surface area contributed by atoms with Crippen molar-refractivity contribution in [3.8, 4) is 5.75 Å². The molecule has 5 heteroatoms. The zero-order valence-electron chi connectivity index (χ0n) is 12.0. The number of fused-ring (bicyclic) bond motifs is 1. The molecule has 0 aromatic heterocycles. The number of nitrogens with one attached hydrogen (secondary N) is 1. The smallest absolute Gasteiger partial charge is 0.121 e. The third-order valence-corrected chi connectivity index (χ3v) is 4.15. The highest BCUT2D eigenvalue weighted by Gasteiger charge is 2.07. The first-order chi connectivity index (χ1) is 11.0. The lowest BCUT2D eigenvalue weighted by atomic mass is 10.0. The summed E-state index contributed by atoms with van der Waals surface area (Å²) in [7, 11) is 0. The second kappa shape index (κ2) is 6.30. The van der Waals surface area contributed by atoms with Crippen LogP contribution in [0, 0.1) is 0 Å². The molecule has 3 aromatic carbocycles. The van der Waals surface area contributed by atoms with E-state index in [4.69, 9.17) is 0 Å². The van der Waals surface area contributed by atoms with E-state index >= 15 is 0 Å². The number of carbonyl (C=O) groups excluding carboxylic acids is 1. The summed E-state index contributed by atoms with van der Waals surface area (Å²) in [4.78, 5) is 10.7. The number of hydrogen-bond acceptors (Lipinski definition) is 4. The maximum absolute atomic E-state index is 10.7. The zero-order valence-corrected chi connectivity index (χ0v) is 13.6. The summed E-state index contributed by atoms with van der Waals surface area (Å²) in [6.07, 6.45) is 0. The van der Waals surface area contributed by atoms with Crippen molar-refractivity contribution in [2.75, 3.05) is 5.32 Å². The highest BCUT2D eigenvalue weighted by molar-refractivity contribution is 9.10. The number of phenolic OH excluding ortho intramolecular Hbond substituents is 1. The number of carboxylic acid groups (broad SMARTS) is 1. The molecule has 0 atom stereocenters. The van der Waals surface area contributed by atoms with Crippen LogP contribution in [0.3, 0.4) is 0 Å². The lowest BCUT2D eigenvalue weighted by molar-refractivity contribution is -0.255. The Hall–Kier alpha value is -2.53. The number of hydrogen-bond donors (Lipinski definition) is 2. The van der Waals surface area contributed by atoms with Gasteiger partial charge in [0.05, 0.1) is 5.97 Å². The fourth-order valence-electron chi connectivity index (χ4n) is 2.45. The minimum absolute atomic E-state index is 0.133.